The standard InChI is InChI=1S/C64H48N2/c1-3-43-41-61(65(59-33-17-25-47-23-11-13-31-53(47)59)51-29-15-27-49(39-51)45-19-7-5-8-20-45)57-38-36-56-44(4-2)42-62(58-37-35-55(43)63(57)64(56)58)66(60-34-18-26-48-24-12-14-32-54(48)60)52-30-16-28-50(40-52)46-21-9-6-10-22-46/h5-42H,3-4H2,1-2H3. The number of nitrogens with zero attached hydrogens (tertiary/aromatic N) is 2. The highest BCUT2D eigenvalue weighted by Gasteiger charge is 2.26. The van der Waals surface area contributed by atoms with Gasteiger partial charge in [0.15, 0.2) is 0 Å². The second kappa shape index (κ2) is 16.4. The molecule has 0 heterocycles. The Bertz CT molecular complexity index is 3480. The van der Waals surface area contributed by atoms with E-state index in [-0.39, 0.29) is 0 Å². The molecule has 2 heteroatoms. The molecule has 66 heavy (non-hydrogen) atoms. The van der Waals surface area contributed by atoms with Crippen LogP contribution in [0.2, 0.25) is 0 Å². The molecule has 12 aromatic carbocycles. The molecule has 0 spiro atoms. The van der Waals surface area contributed by atoms with Gasteiger partial charge in [0, 0.05) is 32.9 Å². The van der Waals surface area contributed by atoms with E-state index in [9.17, 15) is 0 Å². The van der Waals surface area contributed by atoms with Crippen LogP contribution in [0.3, 0.4) is 0 Å². The first-order chi connectivity index (χ1) is 32.7. The molecule has 0 aliphatic heterocycles. The maximum Gasteiger partial charge on any atom is 0.0543 e. The van der Waals surface area contributed by atoms with Gasteiger partial charge in [0.1, 0.15) is 0 Å². The van der Waals surface area contributed by atoms with Crippen LogP contribution in [0, 0.1) is 0 Å². The van der Waals surface area contributed by atoms with Gasteiger partial charge in [-0.2, -0.15) is 0 Å². The van der Waals surface area contributed by atoms with Crippen LogP contribution in [-0.2, 0) is 12.8 Å². The number of rotatable bonds is 10. The van der Waals surface area contributed by atoms with Crippen LogP contribution in [0.15, 0.2) is 231 Å². The Kier molecular flexibility index (Phi) is 9.80. The Morgan fingerprint density at radius 3 is 1.08 bits per heavy atom. The van der Waals surface area contributed by atoms with E-state index in [0.29, 0.717) is 0 Å². The second-order valence-corrected chi connectivity index (χ2v) is 17.4. The van der Waals surface area contributed by atoms with Crippen molar-refractivity contribution in [2.75, 3.05) is 9.80 Å². The summed E-state index contributed by atoms with van der Waals surface area (Å²) < 4.78 is 0. The summed E-state index contributed by atoms with van der Waals surface area (Å²) in [5.74, 6) is 0. The summed E-state index contributed by atoms with van der Waals surface area (Å²) in [5, 5.41) is 12.6. The second-order valence-electron chi connectivity index (χ2n) is 17.4. The lowest BCUT2D eigenvalue weighted by molar-refractivity contribution is 1.15. The van der Waals surface area contributed by atoms with Crippen molar-refractivity contribution < 1.29 is 0 Å². The Morgan fingerprint density at radius 1 is 0.273 bits per heavy atom. The minimum absolute atomic E-state index is 0.899. The van der Waals surface area contributed by atoms with Gasteiger partial charge in [0.25, 0.3) is 0 Å². The van der Waals surface area contributed by atoms with Gasteiger partial charge >= 0.3 is 0 Å². The molecular formula is C64H48N2. The van der Waals surface area contributed by atoms with Crippen LogP contribution in [0.5, 0.6) is 0 Å². The highest BCUT2D eigenvalue weighted by Crippen LogP contribution is 2.51. The molecule has 0 saturated heterocycles. The summed E-state index contributed by atoms with van der Waals surface area (Å²) in [7, 11) is 0. The van der Waals surface area contributed by atoms with Gasteiger partial charge in [0.05, 0.1) is 22.7 Å². The van der Waals surface area contributed by atoms with E-state index in [4.69, 9.17) is 0 Å². The molecule has 0 radical (unpaired) electrons. The highest BCUT2D eigenvalue weighted by atomic mass is 15.2. The molecule has 0 aliphatic rings. The minimum atomic E-state index is 0.899. The van der Waals surface area contributed by atoms with E-state index in [1.807, 2.05) is 0 Å². The Hall–Kier alpha value is -8.20. The lowest BCUT2D eigenvalue weighted by atomic mass is 9.86. The maximum atomic E-state index is 2.53. The molecule has 0 bridgehead atoms. The Morgan fingerprint density at radius 2 is 0.636 bits per heavy atom. The van der Waals surface area contributed by atoms with Gasteiger partial charge in [-0.25, -0.2) is 0 Å². The van der Waals surface area contributed by atoms with Crippen LogP contribution in [0.4, 0.5) is 34.1 Å². The lowest BCUT2D eigenvalue weighted by Gasteiger charge is -2.32. The molecule has 12 rings (SSSR count). The summed E-state index contributed by atoms with van der Waals surface area (Å²) in [6.45, 7) is 4.61. The molecule has 0 aromatic heterocycles. The van der Waals surface area contributed by atoms with E-state index in [2.05, 4.69) is 254 Å². The Balaban J connectivity index is 1.17. The highest BCUT2D eigenvalue weighted by molar-refractivity contribution is 6.29. The maximum absolute atomic E-state index is 2.53. The third kappa shape index (κ3) is 6.56. The van der Waals surface area contributed by atoms with E-state index >= 15 is 0 Å². The fraction of sp³-hybridized carbons (Fsp3) is 0.0625. The molecule has 2 nitrogen and oxygen atoms in total. The monoisotopic (exact) mass is 844 g/mol. The van der Waals surface area contributed by atoms with E-state index in [0.717, 1.165) is 35.6 Å². The van der Waals surface area contributed by atoms with Crippen LogP contribution in [-0.4, -0.2) is 0 Å². The van der Waals surface area contributed by atoms with Gasteiger partial charge in [0.2, 0.25) is 0 Å². The van der Waals surface area contributed by atoms with Crippen molar-refractivity contribution in [2.45, 2.75) is 26.7 Å². The predicted octanol–water partition coefficient (Wildman–Crippen LogP) is 18.3. The van der Waals surface area contributed by atoms with E-state index in [1.165, 1.54) is 98.6 Å². The first-order valence-electron chi connectivity index (χ1n) is 23.3. The molecule has 0 fully saturated rings. The number of benzene rings is 12. The summed E-state index contributed by atoms with van der Waals surface area (Å²) >= 11 is 0. The van der Waals surface area contributed by atoms with Gasteiger partial charge in [-0.05, 0) is 127 Å². The van der Waals surface area contributed by atoms with E-state index in [1.54, 1.807) is 0 Å². The molecule has 0 saturated carbocycles. The van der Waals surface area contributed by atoms with Gasteiger partial charge in [-0.1, -0.05) is 196 Å². The quantitative estimate of drug-likeness (QED) is 0.127. The smallest absolute Gasteiger partial charge is 0.0543 e. The molecule has 0 unspecified atom stereocenters. The van der Waals surface area contributed by atoms with Gasteiger partial charge in [-0.3, -0.25) is 0 Å². The predicted molar refractivity (Wildman–Crippen MR) is 284 cm³/mol. The number of hydrogen-bond donors (Lipinski definition) is 0. The average molecular weight is 845 g/mol. The third-order valence-electron chi connectivity index (χ3n) is 13.7. The number of anilines is 6. The summed E-state index contributed by atoms with van der Waals surface area (Å²) in [6, 6.07) is 85.2. The van der Waals surface area contributed by atoms with Crippen molar-refractivity contribution in [3.05, 3.63) is 242 Å². The van der Waals surface area contributed by atoms with Crippen LogP contribution in [0.1, 0.15) is 25.0 Å². The zero-order chi connectivity index (χ0) is 44.1. The first-order valence-corrected chi connectivity index (χ1v) is 23.3. The van der Waals surface area contributed by atoms with Crippen LogP contribution < -0.4 is 9.80 Å². The molecule has 314 valence electrons. The largest absolute Gasteiger partial charge is 0.309 e. The summed E-state index contributed by atoms with van der Waals surface area (Å²) in [4.78, 5) is 5.05. The van der Waals surface area contributed by atoms with Crippen molar-refractivity contribution in [2.24, 2.45) is 0 Å². The van der Waals surface area contributed by atoms with Crippen molar-refractivity contribution in [1.82, 2.24) is 0 Å². The fourth-order valence-corrected chi connectivity index (χ4v) is 10.6. The zero-order valence-corrected chi connectivity index (χ0v) is 37.2. The average Bonchev–Trinajstić information content (AvgIpc) is 3.39. The zero-order valence-electron chi connectivity index (χ0n) is 37.2. The summed E-state index contributed by atoms with van der Waals surface area (Å²) in [6.07, 6.45) is 1.80. The molecule has 12 aromatic rings. The van der Waals surface area contributed by atoms with Crippen molar-refractivity contribution in [3.8, 4) is 22.3 Å². The summed E-state index contributed by atoms with van der Waals surface area (Å²) in [5.41, 5.74) is 14.4. The lowest BCUT2D eigenvalue weighted by Crippen LogP contribution is -2.13. The molecule has 0 aliphatic carbocycles. The van der Waals surface area contributed by atoms with Crippen LogP contribution >= 0.6 is 0 Å². The van der Waals surface area contributed by atoms with Gasteiger partial charge in [-0.15, -0.1) is 0 Å². The SMILES string of the molecule is CCc1cc(N(c2cccc(-c3ccccc3)c2)c2cccc3ccccc23)c2ccc3c(CC)cc(N(c4cccc(-c5ccccc5)c4)c4cccc5ccccc45)c4ccc1c2c34. The van der Waals surface area contributed by atoms with Gasteiger partial charge < -0.3 is 9.80 Å². The third-order valence-corrected chi connectivity index (χ3v) is 13.7. The minimum Gasteiger partial charge on any atom is -0.309 e. The number of aryl methyl sites for hydroxylation is 2. The van der Waals surface area contributed by atoms with Crippen LogP contribution in [0.25, 0.3) is 76.1 Å². The molecule has 0 atom stereocenters. The topological polar surface area (TPSA) is 6.48 Å². The molecule has 0 amide bonds. The fourth-order valence-electron chi connectivity index (χ4n) is 10.6. The Labute approximate surface area is 386 Å². The van der Waals surface area contributed by atoms with E-state index < -0.39 is 0 Å². The van der Waals surface area contributed by atoms with Crippen molar-refractivity contribution in [3.63, 3.8) is 0 Å². The van der Waals surface area contributed by atoms with Crippen molar-refractivity contribution in [1.29, 1.82) is 0 Å². The molecular weight excluding hydrogens is 797 g/mol. The van der Waals surface area contributed by atoms with Crippen molar-refractivity contribution >= 4 is 88.0 Å². The number of hydrogen-bond acceptors (Lipinski definition) is 2. The molecule has 0 N–H and O–H groups in total. The first kappa shape index (κ1) is 39.4. The normalized spacial score (nSPS) is 11.6. The number of fused-ring (bicyclic) bond motifs is 2.